The highest BCUT2D eigenvalue weighted by Crippen LogP contribution is 2.25. The molecule has 0 N–H and O–H groups in total. The molecule has 3 aromatic rings. The first-order valence-corrected chi connectivity index (χ1v) is 4.66. The Hall–Kier alpha value is -1.83. The highest BCUT2D eigenvalue weighted by atomic mass is 15.0. The average Bonchev–Trinajstić information content (AvgIpc) is 2.55. The molecule has 0 unspecified atom stereocenters. The number of aromatic nitrogens is 2. The third-order valence-corrected chi connectivity index (χ3v) is 2.66. The number of aryl methyl sites for hydroxylation is 1. The van der Waals surface area contributed by atoms with Crippen LogP contribution in [0.25, 0.3) is 21.9 Å². The third-order valence-electron chi connectivity index (χ3n) is 2.66. The van der Waals surface area contributed by atoms with E-state index in [1.807, 2.05) is 12.3 Å². The van der Waals surface area contributed by atoms with Gasteiger partial charge >= 0.3 is 0 Å². The predicted molar refractivity (Wildman–Crippen MR) is 58.2 cm³/mol. The van der Waals surface area contributed by atoms with Crippen molar-refractivity contribution in [2.75, 3.05) is 0 Å². The molecule has 68 valence electrons. The Labute approximate surface area is 81.8 Å². The summed E-state index contributed by atoms with van der Waals surface area (Å²) in [6, 6.07) is 12.5. The van der Waals surface area contributed by atoms with Gasteiger partial charge in [-0.15, -0.1) is 0 Å². The minimum atomic E-state index is 1.05. The molecule has 2 heteroatoms. The van der Waals surface area contributed by atoms with Crippen LogP contribution in [-0.2, 0) is 7.05 Å². The minimum absolute atomic E-state index is 1.05. The van der Waals surface area contributed by atoms with Gasteiger partial charge in [-0.2, -0.15) is 0 Å². The molecule has 0 atom stereocenters. The summed E-state index contributed by atoms with van der Waals surface area (Å²) in [4.78, 5) is 4.38. The lowest BCUT2D eigenvalue weighted by Gasteiger charge is -1.94. The van der Waals surface area contributed by atoms with E-state index in [1.165, 1.54) is 16.3 Å². The number of rotatable bonds is 0. The van der Waals surface area contributed by atoms with Crippen molar-refractivity contribution >= 4 is 21.9 Å². The lowest BCUT2D eigenvalue weighted by molar-refractivity contribution is 0.990. The van der Waals surface area contributed by atoms with Crippen LogP contribution in [0.5, 0.6) is 0 Å². The Kier molecular flexibility index (Phi) is 1.39. The molecular weight excluding hydrogens is 172 g/mol. The van der Waals surface area contributed by atoms with E-state index in [0.29, 0.717) is 0 Å². The fourth-order valence-electron chi connectivity index (χ4n) is 1.98. The topological polar surface area (TPSA) is 17.8 Å². The molecule has 0 aliphatic rings. The lowest BCUT2D eigenvalue weighted by atomic mass is 10.2. The molecule has 14 heavy (non-hydrogen) atoms. The van der Waals surface area contributed by atoms with Crippen LogP contribution in [0.4, 0.5) is 0 Å². The van der Waals surface area contributed by atoms with Crippen molar-refractivity contribution in [3.63, 3.8) is 0 Å². The van der Waals surface area contributed by atoms with Gasteiger partial charge in [-0.05, 0) is 18.2 Å². The first kappa shape index (κ1) is 7.56. The van der Waals surface area contributed by atoms with Gasteiger partial charge in [0.25, 0.3) is 0 Å². The molecule has 2 nitrogen and oxygen atoms in total. The monoisotopic (exact) mass is 182 g/mol. The van der Waals surface area contributed by atoms with Crippen molar-refractivity contribution < 1.29 is 0 Å². The molecule has 0 aliphatic carbocycles. The summed E-state index contributed by atoms with van der Waals surface area (Å²) in [5.74, 6) is 0. The third kappa shape index (κ3) is 0.826. The quantitative estimate of drug-likeness (QED) is 0.522. The maximum Gasteiger partial charge on any atom is 0.140 e. The van der Waals surface area contributed by atoms with E-state index in [4.69, 9.17) is 0 Å². The largest absolute Gasteiger partial charge is 0.328 e. The van der Waals surface area contributed by atoms with E-state index in [0.717, 1.165) is 5.65 Å². The molecule has 0 fully saturated rings. The second-order valence-corrected chi connectivity index (χ2v) is 3.45. The van der Waals surface area contributed by atoms with E-state index >= 15 is 0 Å². The SMILES string of the molecule is Cn1c2ccccc2c2cccnc21. The molecule has 0 spiro atoms. The summed E-state index contributed by atoms with van der Waals surface area (Å²) >= 11 is 0. The van der Waals surface area contributed by atoms with Crippen molar-refractivity contribution in [3.8, 4) is 0 Å². The van der Waals surface area contributed by atoms with Crippen molar-refractivity contribution in [2.45, 2.75) is 0 Å². The van der Waals surface area contributed by atoms with Gasteiger partial charge in [0.05, 0.1) is 5.52 Å². The fourth-order valence-corrected chi connectivity index (χ4v) is 1.98. The number of para-hydroxylation sites is 1. The zero-order chi connectivity index (χ0) is 9.54. The van der Waals surface area contributed by atoms with Crippen LogP contribution in [-0.4, -0.2) is 9.55 Å². The molecular formula is C12H10N2. The number of fused-ring (bicyclic) bond motifs is 3. The molecule has 0 saturated carbocycles. The Morgan fingerprint density at radius 3 is 2.71 bits per heavy atom. The van der Waals surface area contributed by atoms with Gasteiger partial charge in [0, 0.05) is 24.0 Å². The van der Waals surface area contributed by atoms with Gasteiger partial charge in [0.15, 0.2) is 0 Å². The smallest absolute Gasteiger partial charge is 0.140 e. The fraction of sp³-hybridized carbons (Fsp3) is 0.0833. The molecule has 0 bridgehead atoms. The first-order valence-electron chi connectivity index (χ1n) is 4.66. The minimum Gasteiger partial charge on any atom is -0.328 e. The normalized spacial score (nSPS) is 11.2. The molecule has 2 heterocycles. The molecule has 1 aromatic carbocycles. The van der Waals surface area contributed by atoms with Crippen LogP contribution in [0, 0.1) is 0 Å². The van der Waals surface area contributed by atoms with Crippen LogP contribution >= 0.6 is 0 Å². The number of hydrogen-bond donors (Lipinski definition) is 0. The molecule has 0 radical (unpaired) electrons. The summed E-state index contributed by atoms with van der Waals surface area (Å²) in [6.07, 6.45) is 1.83. The summed E-state index contributed by atoms with van der Waals surface area (Å²) in [6.45, 7) is 0. The van der Waals surface area contributed by atoms with Crippen LogP contribution in [0.2, 0.25) is 0 Å². The van der Waals surface area contributed by atoms with Crippen molar-refractivity contribution in [1.29, 1.82) is 0 Å². The summed E-state index contributed by atoms with van der Waals surface area (Å²) in [5, 5.41) is 2.50. The van der Waals surface area contributed by atoms with Gasteiger partial charge in [-0.1, -0.05) is 18.2 Å². The lowest BCUT2D eigenvalue weighted by Crippen LogP contribution is -1.87. The Bertz CT molecular complexity index is 555. The number of hydrogen-bond acceptors (Lipinski definition) is 1. The number of benzene rings is 1. The van der Waals surface area contributed by atoms with E-state index in [9.17, 15) is 0 Å². The van der Waals surface area contributed by atoms with E-state index < -0.39 is 0 Å². The van der Waals surface area contributed by atoms with Gasteiger partial charge in [-0.3, -0.25) is 0 Å². The molecule has 0 amide bonds. The van der Waals surface area contributed by atoms with Gasteiger partial charge in [0.2, 0.25) is 0 Å². The number of pyridine rings is 1. The summed E-state index contributed by atoms with van der Waals surface area (Å²) in [5.41, 5.74) is 2.29. The highest BCUT2D eigenvalue weighted by Gasteiger charge is 2.06. The van der Waals surface area contributed by atoms with Crippen LogP contribution in [0.1, 0.15) is 0 Å². The van der Waals surface area contributed by atoms with Gasteiger partial charge in [0.1, 0.15) is 5.65 Å². The molecule has 3 rings (SSSR count). The van der Waals surface area contributed by atoms with Crippen LogP contribution < -0.4 is 0 Å². The Morgan fingerprint density at radius 2 is 1.79 bits per heavy atom. The van der Waals surface area contributed by atoms with Crippen molar-refractivity contribution in [1.82, 2.24) is 9.55 Å². The zero-order valence-corrected chi connectivity index (χ0v) is 7.94. The van der Waals surface area contributed by atoms with Gasteiger partial charge in [-0.25, -0.2) is 4.98 Å². The van der Waals surface area contributed by atoms with Crippen molar-refractivity contribution in [3.05, 3.63) is 42.6 Å². The summed E-state index contributed by atoms with van der Waals surface area (Å²) in [7, 11) is 2.05. The van der Waals surface area contributed by atoms with E-state index in [-0.39, 0.29) is 0 Å². The molecule has 2 aromatic heterocycles. The maximum atomic E-state index is 4.38. The Balaban J connectivity index is 2.69. The van der Waals surface area contributed by atoms with Crippen LogP contribution in [0.3, 0.4) is 0 Å². The summed E-state index contributed by atoms with van der Waals surface area (Å²) < 4.78 is 2.13. The second kappa shape index (κ2) is 2.58. The van der Waals surface area contributed by atoms with Gasteiger partial charge < -0.3 is 4.57 Å². The predicted octanol–water partition coefficient (Wildman–Crippen LogP) is 2.73. The van der Waals surface area contributed by atoms with E-state index in [1.54, 1.807) is 0 Å². The zero-order valence-electron chi connectivity index (χ0n) is 7.94. The van der Waals surface area contributed by atoms with E-state index in [2.05, 4.69) is 46.9 Å². The van der Waals surface area contributed by atoms with Crippen LogP contribution in [0.15, 0.2) is 42.6 Å². The Morgan fingerprint density at radius 1 is 1.00 bits per heavy atom. The highest BCUT2D eigenvalue weighted by molar-refractivity contribution is 6.06. The second-order valence-electron chi connectivity index (χ2n) is 3.45. The average molecular weight is 182 g/mol. The first-order chi connectivity index (χ1) is 6.88. The molecule has 0 aliphatic heterocycles. The maximum absolute atomic E-state index is 4.38. The van der Waals surface area contributed by atoms with Crippen molar-refractivity contribution in [2.24, 2.45) is 7.05 Å². The molecule has 0 saturated heterocycles. The standard InChI is InChI=1S/C12H10N2/c1-14-11-7-3-2-5-9(11)10-6-4-8-13-12(10)14/h2-8H,1H3. The number of nitrogens with zero attached hydrogens (tertiary/aromatic N) is 2.